The Labute approximate surface area is 120 Å². The van der Waals surface area contributed by atoms with Gasteiger partial charge in [-0.1, -0.05) is 0 Å². The third-order valence-electron chi connectivity index (χ3n) is 4.17. The van der Waals surface area contributed by atoms with Gasteiger partial charge in [0.15, 0.2) is 0 Å². The van der Waals surface area contributed by atoms with Crippen LogP contribution < -0.4 is 0 Å². The second-order valence-corrected chi connectivity index (χ2v) is 20.2. The van der Waals surface area contributed by atoms with Crippen LogP contribution in [0.15, 0.2) is 0 Å². The summed E-state index contributed by atoms with van der Waals surface area (Å²) < 4.78 is 23.9. The van der Waals surface area contributed by atoms with Gasteiger partial charge in [0.1, 0.15) is 0 Å². The van der Waals surface area contributed by atoms with E-state index in [9.17, 15) is 3.83 Å². The molecule has 0 heterocycles. The van der Waals surface area contributed by atoms with E-state index in [1.807, 2.05) is 0 Å². The molecule has 6 heteroatoms. The van der Waals surface area contributed by atoms with Gasteiger partial charge in [0, 0.05) is 0 Å². The third-order valence-corrected chi connectivity index (χ3v) is 19.5. The molecule has 0 fully saturated rings. The van der Waals surface area contributed by atoms with Crippen molar-refractivity contribution in [2.75, 3.05) is 0 Å². The van der Waals surface area contributed by atoms with Gasteiger partial charge in [0.05, 0.1) is 0 Å². The van der Waals surface area contributed by atoms with Crippen molar-refractivity contribution in [2.24, 2.45) is 0 Å². The van der Waals surface area contributed by atoms with Crippen LogP contribution in [0.2, 0.25) is 36.3 Å². The van der Waals surface area contributed by atoms with Crippen LogP contribution in [0.3, 0.4) is 0 Å². The summed E-state index contributed by atoms with van der Waals surface area (Å²) in [6, 6.07) is 0. The van der Waals surface area contributed by atoms with Gasteiger partial charge >= 0.3 is 120 Å². The fourth-order valence-electron chi connectivity index (χ4n) is 0.607. The predicted molar refractivity (Wildman–Crippen MR) is 83.0 cm³/mol. The Morgan fingerprint density at radius 3 is 1.11 bits per heavy atom. The van der Waals surface area contributed by atoms with Gasteiger partial charge in [0.25, 0.3) is 0 Å². The number of hydrogen-bond acceptors (Lipinski definition) is 3. The first-order chi connectivity index (χ1) is 7.60. The van der Waals surface area contributed by atoms with E-state index in [0.717, 1.165) is 0 Å². The summed E-state index contributed by atoms with van der Waals surface area (Å²) in [5, 5.41) is 0.131. The molecule has 0 unspecified atom stereocenters. The second-order valence-electron chi connectivity index (χ2n) is 7.89. The average molecular weight is 358 g/mol. The molecule has 0 aromatic carbocycles. The summed E-state index contributed by atoms with van der Waals surface area (Å²) in [5.74, 6) is 0. The summed E-state index contributed by atoms with van der Waals surface area (Å²) in [4.78, 5) is 0. The van der Waals surface area contributed by atoms with Crippen LogP contribution in [0, 0.1) is 0 Å². The first-order valence-corrected chi connectivity index (χ1v) is 14.3. The Bertz CT molecular complexity index is 284. The topological polar surface area (TPSA) is 35.5 Å². The molecule has 0 aliphatic rings. The molecule has 0 saturated carbocycles. The van der Waals surface area contributed by atoms with E-state index in [-0.39, 0.29) is 10.1 Å². The van der Waals surface area contributed by atoms with Gasteiger partial charge in [-0.05, 0) is 0 Å². The molecule has 110 valence electrons. The van der Waals surface area contributed by atoms with Crippen molar-refractivity contribution in [3.8, 4) is 0 Å². The molecule has 0 bridgehead atoms. The first-order valence-electron chi connectivity index (χ1n) is 6.41. The van der Waals surface area contributed by atoms with Crippen LogP contribution in [0.1, 0.15) is 41.5 Å². The van der Waals surface area contributed by atoms with E-state index in [2.05, 4.69) is 67.7 Å². The van der Waals surface area contributed by atoms with Gasteiger partial charge in [-0.2, -0.15) is 0 Å². The molecule has 0 radical (unpaired) electrons. The molecule has 0 spiro atoms. The third kappa shape index (κ3) is 4.98. The molecule has 0 atom stereocenters. The predicted octanol–water partition coefficient (Wildman–Crippen LogP) is 4.45. The maximum absolute atomic E-state index is 12.2. The number of hydrogen-bond donors (Lipinski definition) is 0. The molecule has 0 rings (SSSR count). The van der Waals surface area contributed by atoms with Crippen LogP contribution in [-0.4, -0.2) is 31.1 Å². The van der Waals surface area contributed by atoms with Crippen LogP contribution in [0.5, 0.6) is 0 Å². The van der Waals surface area contributed by atoms with E-state index in [0.29, 0.717) is 0 Å². The van der Waals surface area contributed by atoms with Crippen molar-refractivity contribution in [3.63, 3.8) is 0 Å². The van der Waals surface area contributed by atoms with E-state index in [1.165, 1.54) is 0 Å². The Balaban J connectivity index is 4.75. The van der Waals surface area contributed by atoms with Crippen LogP contribution in [0.25, 0.3) is 0 Å². The second kappa shape index (κ2) is 5.58. The summed E-state index contributed by atoms with van der Waals surface area (Å²) in [6.45, 7) is 21.3. The average Bonchev–Trinajstić information content (AvgIpc) is 1.95. The van der Waals surface area contributed by atoms with E-state index in [1.54, 1.807) is 0 Å². The normalized spacial score (nSPS) is 15.3. The minimum absolute atomic E-state index is 0.0654. The van der Waals surface area contributed by atoms with E-state index < -0.39 is 31.1 Å². The van der Waals surface area contributed by atoms with Gasteiger partial charge in [0.2, 0.25) is 0 Å². The van der Waals surface area contributed by atoms with Crippen molar-refractivity contribution >= 4 is 31.1 Å². The molecule has 0 aromatic rings. The zero-order chi connectivity index (χ0) is 15.0. The Kier molecular flexibility index (Phi) is 5.79. The zero-order valence-electron chi connectivity index (χ0n) is 13.6. The van der Waals surface area contributed by atoms with Crippen LogP contribution in [-0.2, 0) is 10.9 Å². The zero-order valence-corrected chi connectivity index (χ0v) is 17.3. The maximum atomic E-state index is 12.2. The van der Waals surface area contributed by atoms with Crippen molar-refractivity contribution in [2.45, 2.75) is 77.8 Å². The van der Waals surface area contributed by atoms with E-state index in [4.69, 9.17) is 7.02 Å². The molecule has 0 amide bonds. The Morgan fingerprint density at radius 1 is 0.722 bits per heavy atom. The van der Waals surface area contributed by atoms with Gasteiger partial charge in [-0.25, -0.2) is 0 Å². The molecule has 0 aliphatic heterocycles. The molecule has 0 aromatic heterocycles. The standard InChI is InChI=1S/C12H30O3SeSi2/c1-11(2,3)17(7,8)14-16(13)15-18(9,10)12(4,5)6/h1-10H3. The van der Waals surface area contributed by atoms with Crippen LogP contribution >= 0.6 is 0 Å². The molecule has 3 nitrogen and oxygen atoms in total. The summed E-state index contributed by atoms with van der Waals surface area (Å²) in [6.07, 6.45) is 0. The fraction of sp³-hybridized carbons (Fsp3) is 1.00. The molecular weight excluding hydrogens is 327 g/mol. The minimum atomic E-state index is -2.63. The number of rotatable bonds is 4. The SMILES string of the molecule is CC(C)(C)[Si](C)(C)O[Se](=O)O[Si](C)(C)C(C)(C)C. The quantitative estimate of drug-likeness (QED) is 0.698. The molecular formula is C12H30O3SeSi2. The Hall–Kier alpha value is 0.673. The molecule has 0 saturated heterocycles. The summed E-state index contributed by atoms with van der Waals surface area (Å²) in [7, 11) is -3.97. The van der Waals surface area contributed by atoms with Gasteiger partial charge in [-0.3, -0.25) is 0 Å². The molecule has 0 N–H and O–H groups in total. The van der Waals surface area contributed by atoms with Crippen molar-refractivity contribution in [1.82, 2.24) is 0 Å². The first kappa shape index (κ1) is 18.7. The van der Waals surface area contributed by atoms with Crippen LogP contribution in [0.4, 0.5) is 0 Å². The van der Waals surface area contributed by atoms with Crippen molar-refractivity contribution in [1.29, 1.82) is 0 Å². The monoisotopic (exact) mass is 358 g/mol. The van der Waals surface area contributed by atoms with Gasteiger partial charge in [-0.15, -0.1) is 0 Å². The van der Waals surface area contributed by atoms with E-state index >= 15 is 0 Å². The Morgan fingerprint density at radius 2 is 0.944 bits per heavy atom. The van der Waals surface area contributed by atoms with Gasteiger partial charge < -0.3 is 0 Å². The van der Waals surface area contributed by atoms with Crippen molar-refractivity contribution in [3.05, 3.63) is 0 Å². The van der Waals surface area contributed by atoms with Crippen molar-refractivity contribution < 1.29 is 10.9 Å². The fourth-order valence-corrected chi connectivity index (χ4v) is 10.00. The molecule has 0 aliphatic carbocycles. The summed E-state index contributed by atoms with van der Waals surface area (Å²) in [5.41, 5.74) is 0. The molecule has 18 heavy (non-hydrogen) atoms. The summed E-state index contributed by atoms with van der Waals surface area (Å²) >= 11 is -2.63.